The Morgan fingerprint density at radius 2 is 2.04 bits per heavy atom. The third-order valence-corrected chi connectivity index (χ3v) is 2.71. The largest absolute Gasteiger partial charge is 0.491 e. The number of carbonyl (C=O) groups excluding carboxylic acids is 1. The van der Waals surface area contributed by atoms with Gasteiger partial charge < -0.3 is 14.6 Å². The highest BCUT2D eigenvalue weighted by Crippen LogP contribution is 2.18. The molecule has 4 N–H and O–H groups in total. The molecule has 1 unspecified atom stereocenters. The van der Waals surface area contributed by atoms with Crippen LogP contribution in [-0.4, -0.2) is 42.5 Å². The zero-order chi connectivity index (χ0) is 18.0. The Morgan fingerprint density at radius 1 is 1.38 bits per heavy atom. The van der Waals surface area contributed by atoms with Gasteiger partial charge in [-0.05, 0) is 45.0 Å². The van der Waals surface area contributed by atoms with E-state index in [0.29, 0.717) is 17.9 Å². The number of nitrogens with one attached hydrogen (secondary N) is 1. The molecule has 24 heavy (non-hydrogen) atoms. The summed E-state index contributed by atoms with van der Waals surface area (Å²) in [6, 6.07) is 6.92. The molecule has 0 bridgehead atoms. The first kappa shape index (κ1) is 19.9. The zero-order valence-corrected chi connectivity index (χ0v) is 14.2. The van der Waals surface area contributed by atoms with Gasteiger partial charge in [0.2, 0.25) is 0 Å². The Morgan fingerprint density at radius 3 is 2.58 bits per heavy atom. The molecule has 1 rings (SSSR count). The van der Waals surface area contributed by atoms with Gasteiger partial charge in [-0.15, -0.1) is 0 Å². The highest BCUT2D eigenvalue weighted by Gasteiger charge is 2.14. The second-order valence-electron chi connectivity index (χ2n) is 5.98. The van der Waals surface area contributed by atoms with Crippen molar-refractivity contribution >= 4 is 18.1 Å². The summed E-state index contributed by atoms with van der Waals surface area (Å²) in [6.07, 6.45) is 0.729. The lowest BCUT2D eigenvalue weighted by Crippen LogP contribution is -2.31. The molecule has 0 saturated carbocycles. The fourth-order valence-corrected chi connectivity index (χ4v) is 1.62. The SMILES string of the molecule is CC(C)(C)OC(=O)NC=Nc1ccc(OCC(CCO)ON)cc1. The highest BCUT2D eigenvalue weighted by atomic mass is 16.6. The van der Waals surface area contributed by atoms with Crippen molar-refractivity contribution in [1.29, 1.82) is 0 Å². The number of alkyl carbamates (subject to hydrolysis) is 1. The van der Waals surface area contributed by atoms with Crippen molar-refractivity contribution in [1.82, 2.24) is 5.32 Å². The van der Waals surface area contributed by atoms with Gasteiger partial charge in [-0.3, -0.25) is 10.2 Å². The van der Waals surface area contributed by atoms with Crippen LogP contribution in [0.5, 0.6) is 5.75 Å². The topological polar surface area (TPSA) is 115 Å². The van der Waals surface area contributed by atoms with Crippen LogP contribution in [0, 0.1) is 0 Å². The molecule has 8 heteroatoms. The minimum atomic E-state index is -0.567. The number of ether oxygens (including phenoxy) is 2. The first-order valence-corrected chi connectivity index (χ1v) is 7.55. The molecule has 0 radical (unpaired) electrons. The predicted octanol–water partition coefficient (Wildman–Crippen LogP) is 1.89. The van der Waals surface area contributed by atoms with E-state index in [4.69, 9.17) is 20.5 Å². The summed E-state index contributed by atoms with van der Waals surface area (Å²) in [5.74, 6) is 5.73. The molecule has 0 saturated heterocycles. The molecule has 0 aliphatic carbocycles. The van der Waals surface area contributed by atoms with Crippen molar-refractivity contribution in [2.45, 2.75) is 38.9 Å². The van der Waals surface area contributed by atoms with E-state index in [0.717, 1.165) is 0 Å². The van der Waals surface area contributed by atoms with Crippen molar-refractivity contribution in [3.63, 3.8) is 0 Å². The average molecular weight is 339 g/mol. The number of nitrogens with zero attached hydrogens (tertiary/aromatic N) is 1. The van der Waals surface area contributed by atoms with Crippen LogP contribution in [0.1, 0.15) is 27.2 Å². The number of nitrogens with two attached hydrogens (primary N) is 1. The molecule has 8 nitrogen and oxygen atoms in total. The normalized spacial score (nSPS) is 12.9. The molecule has 1 atom stereocenters. The lowest BCUT2D eigenvalue weighted by atomic mass is 10.2. The Hall–Kier alpha value is -2.16. The molecule has 0 heterocycles. The second kappa shape index (κ2) is 9.86. The van der Waals surface area contributed by atoms with Crippen LogP contribution in [0.3, 0.4) is 0 Å². The molecular formula is C16H25N3O5. The molecule has 1 aromatic rings. The standard InChI is InChI=1S/C16H25N3O5/c1-16(2,3)23-15(21)19-11-18-12-4-6-13(7-5-12)22-10-14(24-17)8-9-20/h4-7,11,14,20H,8-10,17H2,1-3H3,(H,18,19,21). The van der Waals surface area contributed by atoms with E-state index < -0.39 is 11.7 Å². The Balaban J connectivity index is 2.44. The number of aliphatic hydroxyl groups is 1. The Labute approximate surface area is 141 Å². The zero-order valence-electron chi connectivity index (χ0n) is 14.2. The molecule has 1 aromatic carbocycles. The smallest absolute Gasteiger partial charge is 0.412 e. The van der Waals surface area contributed by atoms with Crippen molar-refractivity contribution in [2.75, 3.05) is 13.2 Å². The third-order valence-electron chi connectivity index (χ3n) is 2.71. The lowest BCUT2D eigenvalue weighted by molar-refractivity contribution is 0.00491. The predicted molar refractivity (Wildman–Crippen MR) is 90.2 cm³/mol. The molecule has 134 valence electrons. The molecule has 0 fully saturated rings. The van der Waals surface area contributed by atoms with Gasteiger partial charge in [-0.1, -0.05) is 0 Å². The summed E-state index contributed by atoms with van der Waals surface area (Å²) in [6.45, 7) is 5.55. The number of rotatable bonds is 8. The summed E-state index contributed by atoms with van der Waals surface area (Å²) < 4.78 is 10.6. The summed E-state index contributed by atoms with van der Waals surface area (Å²) in [4.78, 5) is 20.2. The van der Waals surface area contributed by atoms with Gasteiger partial charge in [-0.2, -0.15) is 0 Å². The summed E-state index contributed by atoms with van der Waals surface area (Å²) >= 11 is 0. The summed E-state index contributed by atoms with van der Waals surface area (Å²) in [5.41, 5.74) is 0.0818. The maximum absolute atomic E-state index is 11.4. The monoisotopic (exact) mass is 339 g/mol. The van der Waals surface area contributed by atoms with E-state index in [9.17, 15) is 4.79 Å². The fraction of sp³-hybridized carbons (Fsp3) is 0.500. The van der Waals surface area contributed by atoms with Crippen LogP contribution in [0.2, 0.25) is 0 Å². The first-order chi connectivity index (χ1) is 11.3. The van der Waals surface area contributed by atoms with Crippen LogP contribution >= 0.6 is 0 Å². The van der Waals surface area contributed by atoms with Gasteiger partial charge in [0.15, 0.2) is 0 Å². The average Bonchev–Trinajstić information content (AvgIpc) is 2.51. The van der Waals surface area contributed by atoms with Gasteiger partial charge in [0, 0.05) is 13.0 Å². The maximum atomic E-state index is 11.4. The van der Waals surface area contributed by atoms with E-state index >= 15 is 0 Å². The van der Waals surface area contributed by atoms with Gasteiger partial charge in [-0.25, -0.2) is 15.7 Å². The number of aliphatic imine (C=N–C) groups is 1. The maximum Gasteiger partial charge on any atom is 0.412 e. The quantitative estimate of drug-likeness (QED) is 0.378. The van der Waals surface area contributed by atoms with Gasteiger partial charge in [0.1, 0.15) is 24.1 Å². The minimum Gasteiger partial charge on any atom is -0.491 e. The van der Waals surface area contributed by atoms with Crippen molar-refractivity contribution < 1.29 is 24.2 Å². The molecule has 1 amide bonds. The minimum absolute atomic E-state index is 0.0243. The molecular weight excluding hydrogens is 314 g/mol. The number of benzene rings is 1. The lowest BCUT2D eigenvalue weighted by Gasteiger charge is -2.18. The molecule has 0 aromatic heterocycles. The fourth-order valence-electron chi connectivity index (χ4n) is 1.62. The highest BCUT2D eigenvalue weighted by molar-refractivity contribution is 5.83. The molecule has 0 aliphatic heterocycles. The number of hydrogen-bond acceptors (Lipinski definition) is 7. The van der Waals surface area contributed by atoms with Crippen LogP contribution in [0.25, 0.3) is 0 Å². The van der Waals surface area contributed by atoms with E-state index in [1.54, 1.807) is 45.0 Å². The van der Waals surface area contributed by atoms with Gasteiger partial charge in [0.05, 0.1) is 12.0 Å². The van der Waals surface area contributed by atoms with Crippen LogP contribution in [-0.2, 0) is 9.57 Å². The number of aliphatic hydroxyl groups excluding tert-OH is 1. The second-order valence-corrected chi connectivity index (χ2v) is 5.98. The number of hydrogen-bond donors (Lipinski definition) is 3. The van der Waals surface area contributed by atoms with Crippen LogP contribution < -0.4 is 16.0 Å². The van der Waals surface area contributed by atoms with Gasteiger partial charge in [0.25, 0.3) is 0 Å². The van der Waals surface area contributed by atoms with E-state index in [1.807, 2.05) is 0 Å². The first-order valence-electron chi connectivity index (χ1n) is 7.55. The van der Waals surface area contributed by atoms with Crippen LogP contribution in [0.4, 0.5) is 10.5 Å². The molecule has 0 spiro atoms. The van der Waals surface area contributed by atoms with E-state index in [1.165, 1.54) is 6.34 Å². The summed E-state index contributed by atoms with van der Waals surface area (Å²) in [7, 11) is 0. The van der Waals surface area contributed by atoms with Crippen molar-refractivity contribution in [3.8, 4) is 5.75 Å². The van der Waals surface area contributed by atoms with Gasteiger partial charge >= 0.3 is 6.09 Å². The Kier molecular flexibility index (Phi) is 8.17. The third kappa shape index (κ3) is 8.47. The van der Waals surface area contributed by atoms with Crippen molar-refractivity contribution in [2.24, 2.45) is 10.9 Å². The summed E-state index contributed by atoms with van der Waals surface area (Å²) in [5, 5.41) is 11.3. The number of amides is 1. The van der Waals surface area contributed by atoms with Crippen molar-refractivity contribution in [3.05, 3.63) is 24.3 Å². The molecule has 0 aliphatic rings. The number of carbonyl (C=O) groups is 1. The van der Waals surface area contributed by atoms with E-state index in [-0.39, 0.29) is 19.3 Å². The van der Waals surface area contributed by atoms with Crippen LogP contribution in [0.15, 0.2) is 29.3 Å². The van der Waals surface area contributed by atoms with E-state index in [2.05, 4.69) is 15.1 Å². The Bertz CT molecular complexity index is 526.